The van der Waals surface area contributed by atoms with Crippen LogP contribution in [0.4, 0.5) is 23.2 Å². The molecule has 1 aromatic carbocycles. The summed E-state index contributed by atoms with van der Waals surface area (Å²) >= 11 is 8.46. The molecule has 2 N–H and O–H groups in total. The predicted molar refractivity (Wildman–Crippen MR) is 135 cm³/mol. The number of nitrogens with zero attached hydrogens (tertiary/aromatic N) is 4. The third-order valence-electron chi connectivity index (χ3n) is 6.82. The summed E-state index contributed by atoms with van der Waals surface area (Å²) in [7, 11) is 1.52. The van der Waals surface area contributed by atoms with Gasteiger partial charge in [-0.1, -0.05) is 11.6 Å². The van der Waals surface area contributed by atoms with E-state index in [-0.39, 0.29) is 52.6 Å². The van der Waals surface area contributed by atoms with Gasteiger partial charge in [-0.25, -0.2) is 9.37 Å². The molecule has 13 heteroatoms. The Balaban J connectivity index is 1.36. The lowest BCUT2D eigenvalue weighted by molar-refractivity contribution is -0.141. The Morgan fingerprint density at radius 3 is 2.57 bits per heavy atom. The van der Waals surface area contributed by atoms with E-state index < -0.39 is 23.6 Å². The third-order valence-corrected chi connectivity index (χ3v) is 8.85. The lowest BCUT2D eigenvalue weighted by Gasteiger charge is -2.56. The van der Waals surface area contributed by atoms with E-state index in [0.717, 1.165) is 30.7 Å². The number of halogens is 5. The van der Waals surface area contributed by atoms with Gasteiger partial charge in [0.25, 0.3) is 5.91 Å². The normalized spacial score (nSPS) is 20.4. The number of piperidine rings is 1. The molecule has 0 aliphatic carbocycles. The largest absolute Gasteiger partial charge is 0.434 e. The van der Waals surface area contributed by atoms with Crippen molar-refractivity contribution in [2.45, 2.75) is 12.6 Å². The molecule has 0 unspecified atom stereocenters. The maximum atomic E-state index is 14.5. The minimum absolute atomic E-state index is 0.0263. The average Bonchev–Trinajstić information content (AvgIpc) is 2.80. The van der Waals surface area contributed by atoms with Crippen molar-refractivity contribution in [3.05, 3.63) is 57.9 Å². The topological polar surface area (TPSA) is 85.2 Å². The first-order chi connectivity index (χ1) is 17.5. The summed E-state index contributed by atoms with van der Waals surface area (Å²) in [5, 5.41) is 11.5. The van der Waals surface area contributed by atoms with Crippen LogP contribution < -0.4 is 10.2 Å². The molecule has 1 amide bonds. The van der Waals surface area contributed by atoms with Crippen LogP contribution in [0.15, 0.2) is 30.1 Å². The Morgan fingerprint density at radius 1 is 1.24 bits per heavy atom. The molecule has 1 aromatic heterocycles. The molecule has 7 nitrogen and oxygen atoms in total. The number of carbonyl (C=O) groups excluding carboxylic acids is 1. The van der Waals surface area contributed by atoms with Crippen LogP contribution >= 0.6 is 23.4 Å². The number of alkyl halides is 3. The maximum absolute atomic E-state index is 14.5. The van der Waals surface area contributed by atoms with Crippen LogP contribution in [-0.2, 0) is 6.18 Å². The molecule has 0 bridgehead atoms. The maximum Gasteiger partial charge on any atom is 0.434 e. The molecular weight excluding hydrogens is 532 g/mol. The average molecular weight is 555 g/mol. The van der Waals surface area contributed by atoms with Crippen LogP contribution in [-0.4, -0.2) is 71.2 Å². The van der Waals surface area contributed by atoms with Gasteiger partial charge in [0, 0.05) is 49.2 Å². The number of rotatable bonds is 4. The Morgan fingerprint density at radius 2 is 1.97 bits per heavy atom. The number of amides is 1. The first kappa shape index (κ1) is 25.8. The molecule has 4 heterocycles. The van der Waals surface area contributed by atoms with Crippen LogP contribution in [0.3, 0.4) is 0 Å². The highest BCUT2D eigenvalue weighted by Gasteiger charge is 2.49. The second kappa shape index (κ2) is 9.46. The molecule has 3 saturated heterocycles. The smallest absolute Gasteiger partial charge is 0.386 e. The van der Waals surface area contributed by atoms with Gasteiger partial charge in [-0.2, -0.15) is 24.9 Å². The van der Waals surface area contributed by atoms with Crippen molar-refractivity contribution in [1.29, 1.82) is 5.41 Å². The molecule has 37 heavy (non-hydrogen) atoms. The summed E-state index contributed by atoms with van der Waals surface area (Å²) in [6.45, 7) is 1.59. The molecule has 5 rings (SSSR count). The lowest BCUT2D eigenvalue weighted by Crippen LogP contribution is -2.63. The Kier molecular flexibility index (Phi) is 6.59. The number of thioether (sulfide) groups is 1. The van der Waals surface area contributed by atoms with Crippen LogP contribution in [0.2, 0.25) is 5.02 Å². The summed E-state index contributed by atoms with van der Waals surface area (Å²) < 4.78 is 53.9. The van der Waals surface area contributed by atoms with Gasteiger partial charge in [0.15, 0.2) is 5.69 Å². The quantitative estimate of drug-likeness (QED) is 0.547. The summed E-state index contributed by atoms with van der Waals surface area (Å²) in [6.07, 6.45) is -2.65. The minimum Gasteiger partial charge on any atom is -0.386 e. The van der Waals surface area contributed by atoms with Crippen molar-refractivity contribution in [3.63, 3.8) is 0 Å². The van der Waals surface area contributed by atoms with Crippen LogP contribution in [0, 0.1) is 16.6 Å². The first-order valence-electron chi connectivity index (χ1n) is 11.5. The van der Waals surface area contributed by atoms with Crippen molar-refractivity contribution in [2.75, 3.05) is 49.6 Å². The fraction of sp³-hybridized carbons (Fsp3) is 0.417. The Hall–Kier alpha value is -2.86. The van der Waals surface area contributed by atoms with Gasteiger partial charge in [0.1, 0.15) is 11.5 Å². The minimum atomic E-state index is -4.66. The highest BCUT2D eigenvalue weighted by atomic mass is 35.5. The number of aromatic nitrogens is 2. The zero-order valence-electron chi connectivity index (χ0n) is 19.8. The van der Waals surface area contributed by atoms with E-state index in [1.807, 2.05) is 16.7 Å². The molecule has 196 valence electrons. The van der Waals surface area contributed by atoms with Crippen LogP contribution in [0.5, 0.6) is 0 Å². The summed E-state index contributed by atoms with van der Waals surface area (Å²) in [6, 6.07) is 2.45. The molecule has 0 saturated carbocycles. The Bertz CT molecular complexity index is 1300. The van der Waals surface area contributed by atoms with Crippen molar-refractivity contribution in [3.8, 4) is 0 Å². The third kappa shape index (κ3) is 4.76. The van der Waals surface area contributed by atoms with E-state index in [1.54, 1.807) is 0 Å². The number of carbonyl (C=O) groups is 1. The molecule has 1 spiro atoms. The van der Waals surface area contributed by atoms with Gasteiger partial charge in [-0.15, -0.1) is 0 Å². The lowest BCUT2D eigenvalue weighted by atomic mass is 9.82. The van der Waals surface area contributed by atoms with Crippen molar-refractivity contribution < 1.29 is 22.4 Å². The molecule has 3 aliphatic rings. The number of anilines is 1. The van der Waals surface area contributed by atoms with Gasteiger partial charge in [0.2, 0.25) is 0 Å². The van der Waals surface area contributed by atoms with Gasteiger partial charge < -0.3 is 20.5 Å². The first-order valence-corrected chi connectivity index (χ1v) is 13.0. The molecule has 0 radical (unpaired) electrons. The standard InChI is InChI=1S/C24H23ClF4N6OS/c1-31-21(17-6-32-7-19(33-17)24(27,28)29)14-2-3-34(8-16(14)30)22(36)15-4-13(26)5-18(20(15)25)35-9-23(10-35)11-37-12-23/h4-7,30-31H,2-3,8-12H2,1H3/b21-14-,30-16?. The van der Waals surface area contributed by atoms with Crippen LogP contribution in [0.1, 0.15) is 28.2 Å². The van der Waals surface area contributed by atoms with Crippen LogP contribution in [0.25, 0.3) is 5.70 Å². The van der Waals surface area contributed by atoms with Gasteiger partial charge in [-0.3, -0.25) is 9.78 Å². The predicted octanol–water partition coefficient (Wildman–Crippen LogP) is 4.34. The molecule has 3 fully saturated rings. The van der Waals surface area contributed by atoms with E-state index in [0.29, 0.717) is 17.5 Å². The SMILES string of the molecule is CN/C(=C1/CCN(C(=O)c2cc(F)cc(N3CC4(CSC4)C3)c2Cl)CC1=N)c1cncc(C(F)(F)F)n1. The number of nitrogens with one attached hydrogen (secondary N) is 2. The summed E-state index contributed by atoms with van der Waals surface area (Å²) in [5.74, 6) is 1.05. The second-order valence-corrected chi connectivity index (χ2v) is 10.8. The van der Waals surface area contributed by atoms with E-state index in [9.17, 15) is 22.4 Å². The molecule has 2 aromatic rings. The van der Waals surface area contributed by atoms with Gasteiger partial charge >= 0.3 is 6.18 Å². The van der Waals surface area contributed by atoms with E-state index in [4.69, 9.17) is 17.0 Å². The highest BCUT2D eigenvalue weighted by molar-refractivity contribution is 8.00. The summed E-state index contributed by atoms with van der Waals surface area (Å²) in [5.41, 5.74) is 0.273. The van der Waals surface area contributed by atoms with E-state index in [1.165, 1.54) is 24.2 Å². The zero-order chi connectivity index (χ0) is 26.5. The zero-order valence-corrected chi connectivity index (χ0v) is 21.3. The summed E-state index contributed by atoms with van der Waals surface area (Å²) in [4.78, 5) is 24.0. The van der Waals surface area contributed by atoms with Gasteiger partial charge in [0.05, 0.1) is 46.6 Å². The van der Waals surface area contributed by atoms with Crippen molar-refractivity contribution in [1.82, 2.24) is 20.2 Å². The Labute approximate surface area is 219 Å². The van der Waals surface area contributed by atoms with Gasteiger partial charge in [-0.05, 0) is 18.6 Å². The number of hydrogen-bond acceptors (Lipinski definition) is 7. The van der Waals surface area contributed by atoms with Crippen molar-refractivity contribution in [2.24, 2.45) is 5.41 Å². The number of likely N-dealkylation sites (tertiary alicyclic amines) is 1. The fourth-order valence-corrected chi connectivity index (χ4v) is 6.36. The molecule has 3 aliphatic heterocycles. The van der Waals surface area contributed by atoms with E-state index in [2.05, 4.69) is 15.3 Å². The molecule has 0 atom stereocenters. The fourth-order valence-electron chi connectivity index (χ4n) is 4.91. The monoisotopic (exact) mass is 554 g/mol. The second-order valence-electron chi connectivity index (χ2n) is 9.48. The molecular formula is C24H23ClF4N6OS. The number of benzene rings is 1. The highest BCUT2D eigenvalue weighted by Crippen LogP contribution is 2.48. The van der Waals surface area contributed by atoms with Crippen molar-refractivity contribution >= 4 is 46.4 Å². The number of hydrogen-bond donors (Lipinski definition) is 2. The van der Waals surface area contributed by atoms with E-state index >= 15 is 0 Å².